The van der Waals surface area contributed by atoms with Gasteiger partial charge in [0.1, 0.15) is 10.6 Å². The Bertz CT molecular complexity index is 339. The molecule has 0 aromatic heterocycles. The number of aliphatic imine (C=N–C) groups is 1. The third-order valence-electron chi connectivity index (χ3n) is 1.90. The van der Waals surface area contributed by atoms with Crippen LogP contribution in [-0.4, -0.2) is 22.0 Å². The van der Waals surface area contributed by atoms with Gasteiger partial charge in [0.15, 0.2) is 0 Å². The minimum absolute atomic E-state index is 0.478. The summed E-state index contributed by atoms with van der Waals surface area (Å²) in [4.78, 5) is 15.5. The van der Waals surface area contributed by atoms with Crippen LogP contribution in [0, 0.1) is 0 Å². The third kappa shape index (κ3) is 4.84. The lowest BCUT2D eigenvalue weighted by molar-refractivity contribution is 0.0605. The first-order valence-electron chi connectivity index (χ1n) is 5.42. The fourth-order valence-electron chi connectivity index (χ4n) is 1.44. The van der Waals surface area contributed by atoms with Crippen LogP contribution in [0.4, 0.5) is 4.79 Å². The first-order chi connectivity index (χ1) is 7.26. The summed E-state index contributed by atoms with van der Waals surface area (Å²) in [5.41, 5.74) is 0.777. The largest absolute Gasteiger partial charge is 0.442 e. The van der Waals surface area contributed by atoms with Crippen molar-refractivity contribution in [2.24, 2.45) is 4.99 Å². The predicted octanol–water partition coefficient (Wildman–Crippen LogP) is 3.79. The fourth-order valence-corrected chi connectivity index (χ4v) is 2.59. The molecule has 0 saturated heterocycles. The monoisotopic (exact) mass is 241 g/mol. The van der Waals surface area contributed by atoms with Gasteiger partial charge in [-0.15, -0.1) is 11.8 Å². The average Bonchev–Trinajstić information content (AvgIpc) is 1.96. The Morgan fingerprint density at radius 1 is 1.56 bits per heavy atom. The van der Waals surface area contributed by atoms with Gasteiger partial charge in [-0.1, -0.05) is 12.5 Å². The first kappa shape index (κ1) is 13.3. The van der Waals surface area contributed by atoms with Gasteiger partial charge in [-0.2, -0.15) is 4.99 Å². The molecule has 1 aliphatic rings. The fraction of sp³-hybridized carbons (Fsp3) is 0.667. The summed E-state index contributed by atoms with van der Waals surface area (Å²) in [6.07, 6.45) is 2.50. The molecule has 0 spiro atoms. The van der Waals surface area contributed by atoms with Gasteiger partial charge >= 0.3 is 6.09 Å². The van der Waals surface area contributed by atoms with E-state index in [4.69, 9.17) is 4.74 Å². The van der Waals surface area contributed by atoms with E-state index in [0.717, 1.165) is 11.5 Å². The zero-order chi connectivity index (χ0) is 12.3. The highest BCUT2D eigenvalue weighted by atomic mass is 32.2. The molecule has 0 N–H and O–H groups in total. The van der Waals surface area contributed by atoms with Crippen LogP contribution in [0.1, 0.15) is 41.0 Å². The molecule has 16 heavy (non-hydrogen) atoms. The number of rotatable bonds is 0. The second-order valence-electron chi connectivity index (χ2n) is 5.05. The van der Waals surface area contributed by atoms with Crippen LogP contribution in [0.2, 0.25) is 0 Å². The van der Waals surface area contributed by atoms with Crippen molar-refractivity contribution in [2.75, 3.05) is 0 Å². The highest BCUT2D eigenvalue weighted by Gasteiger charge is 2.18. The van der Waals surface area contributed by atoms with Crippen LogP contribution >= 0.6 is 11.8 Å². The van der Waals surface area contributed by atoms with Gasteiger partial charge in [0.2, 0.25) is 0 Å². The second kappa shape index (κ2) is 5.04. The number of hydrogen-bond donors (Lipinski definition) is 0. The van der Waals surface area contributed by atoms with E-state index in [1.165, 1.54) is 5.57 Å². The molecular weight excluding hydrogens is 222 g/mol. The molecule has 3 nitrogen and oxygen atoms in total. The minimum Gasteiger partial charge on any atom is -0.442 e. The van der Waals surface area contributed by atoms with Gasteiger partial charge < -0.3 is 4.74 Å². The number of amides is 1. The summed E-state index contributed by atoms with van der Waals surface area (Å²) in [7, 11) is 0. The third-order valence-corrected chi connectivity index (χ3v) is 2.92. The van der Waals surface area contributed by atoms with Gasteiger partial charge in [-0.3, -0.25) is 0 Å². The molecule has 1 unspecified atom stereocenters. The van der Waals surface area contributed by atoms with Crippen LogP contribution in [0.25, 0.3) is 0 Å². The SMILES string of the molecule is CC1=CC(=NC(=O)OC(C)(C)C)SC(C)C1. The molecular formula is C12H19NO2S. The summed E-state index contributed by atoms with van der Waals surface area (Å²) < 4.78 is 5.14. The van der Waals surface area contributed by atoms with Crippen molar-refractivity contribution in [2.45, 2.75) is 51.9 Å². The molecule has 1 rings (SSSR count). The Balaban J connectivity index is 2.70. The molecule has 0 fully saturated rings. The maximum atomic E-state index is 11.5. The van der Waals surface area contributed by atoms with Crippen LogP contribution < -0.4 is 0 Å². The molecule has 0 aliphatic carbocycles. The quantitative estimate of drug-likeness (QED) is 0.647. The normalized spacial score (nSPS) is 24.2. The molecule has 4 heteroatoms. The smallest absolute Gasteiger partial charge is 0.435 e. The lowest BCUT2D eigenvalue weighted by Gasteiger charge is -2.19. The van der Waals surface area contributed by atoms with E-state index in [0.29, 0.717) is 5.25 Å². The number of thioether (sulfide) groups is 1. The van der Waals surface area contributed by atoms with Crippen molar-refractivity contribution in [1.29, 1.82) is 0 Å². The van der Waals surface area contributed by atoms with Crippen molar-refractivity contribution < 1.29 is 9.53 Å². The van der Waals surface area contributed by atoms with Crippen molar-refractivity contribution >= 4 is 22.9 Å². The lowest BCUT2D eigenvalue weighted by Crippen LogP contribution is -2.22. The Morgan fingerprint density at radius 2 is 2.19 bits per heavy atom. The molecule has 0 aromatic carbocycles. The van der Waals surface area contributed by atoms with Crippen molar-refractivity contribution in [3.63, 3.8) is 0 Å². The van der Waals surface area contributed by atoms with Gasteiger partial charge in [-0.05, 0) is 40.2 Å². The molecule has 0 bridgehead atoms. The summed E-state index contributed by atoms with van der Waals surface area (Å²) in [6, 6.07) is 0. The molecule has 0 aromatic rings. The highest BCUT2D eigenvalue weighted by molar-refractivity contribution is 8.14. The number of carbonyl (C=O) groups excluding carboxylic acids is 1. The number of allylic oxidation sites excluding steroid dienone is 1. The Morgan fingerprint density at radius 3 is 2.69 bits per heavy atom. The van der Waals surface area contributed by atoms with Gasteiger partial charge in [0.25, 0.3) is 0 Å². The van der Waals surface area contributed by atoms with Gasteiger partial charge in [0, 0.05) is 5.25 Å². The standard InChI is InChI=1S/C12H19NO2S/c1-8-6-9(2)16-10(7-8)13-11(14)15-12(3,4)5/h7,9H,6H2,1-5H3. The predicted molar refractivity (Wildman–Crippen MR) is 69.1 cm³/mol. The number of ether oxygens (including phenoxy) is 1. The lowest BCUT2D eigenvalue weighted by atomic mass is 10.1. The first-order valence-corrected chi connectivity index (χ1v) is 6.30. The van der Waals surface area contributed by atoms with Crippen molar-refractivity contribution in [3.05, 3.63) is 11.6 Å². The van der Waals surface area contributed by atoms with Crippen LogP contribution in [-0.2, 0) is 4.74 Å². The zero-order valence-electron chi connectivity index (χ0n) is 10.5. The van der Waals surface area contributed by atoms with E-state index < -0.39 is 11.7 Å². The number of nitrogens with zero attached hydrogens (tertiary/aromatic N) is 1. The van der Waals surface area contributed by atoms with E-state index in [-0.39, 0.29) is 0 Å². The second-order valence-corrected chi connectivity index (χ2v) is 6.51. The van der Waals surface area contributed by atoms with Crippen LogP contribution in [0.5, 0.6) is 0 Å². The van der Waals surface area contributed by atoms with Gasteiger partial charge in [-0.25, -0.2) is 4.79 Å². The number of hydrogen-bond acceptors (Lipinski definition) is 3. The molecule has 90 valence electrons. The summed E-state index contributed by atoms with van der Waals surface area (Å²) in [5.74, 6) is 0. The molecule has 1 atom stereocenters. The van der Waals surface area contributed by atoms with Crippen LogP contribution in [0.3, 0.4) is 0 Å². The molecule has 1 heterocycles. The maximum Gasteiger partial charge on any atom is 0.435 e. The Kier molecular flexibility index (Phi) is 4.19. The number of carbonyl (C=O) groups is 1. The topological polar surface area (TPSA) is 38.7 Å². The van der Waals surface area contributed by atoms with Gasteiger partial charge in [0.05, 0.1) is 0 Å². The maximum absolute atomic E-state index is 11.5. The summed E-state index contributed by atoms with van der Waals surface area (Å²) in [6.45, 7) is 9.70. The molecule has 1 aliphatic heterocycles. The summed E-state index contributed by atoms with van der Waals surface area (Å²) in [5, 5.41) is 1.23. The van der Waals surface area contributed by atoms with E-state index >= 15 is 0 Å². The van der Waals surface area contributed by atoms with E-state index in [1.807, 2.05) is 26.8 Å². The summed E-state index contributed by atoms with van der Waals surface area (Å²) >= 11 is 1.62. The highest BCUT2D eigenvalue weighted by Crippen LogP contribution is 2.27. The van der Waals surface area contributed by atoms with E-state index in [1.54, 1.807) is 11.8 Å². The molecule has 0 saturated carbocycles. The Labute approximate surface area is 101 Å². The molecule has 1 amide bonds. The van der Waals surface area contributed by atoms with E-state index in [9.17, 15) is 4.79 Å². The molecule has 0 radical (unpaired) electrons. The van der Waals surface area contributed by atoms with Crippen LogP contribution in [0.15, 0.2) is 16.6 Å². The van der Waals surface area contributed by atoms with E-state index in [2.05, 4.69) is 18.8 Å². The van der Waals surface area contributed by atoms with Crippen molar-refractivity contribution in [3.8, 4) is 0 Å². The average molecular weight is 241 g/mol. The van der Waals surface area contributed by atoms with Crippen molar-refractivity contribution in [1.82, 2.24) is 0 Å². The Hall–Kier alpha value is -0.770. The minimum atomic E-state index is -0.506. The zero-order valence-corrected chi connectivity index (χ0v) is 11.4.